The molecule has 0 fully saturated rings. The van der Waals surface area contributed by atoms with Gasteiger partial charge < -0.3 is 9.84 Å². The Morgan fingerprint density at radius 2 is 1.80 bits per heavy atom. The lowest BCUT2D eigenvalue weighted by Gasteiger charge is -2.10. The third kappa shape index (κ3) is 3.53. The number of thiazole rings is 1. The van der Waals surface area contributed by atoms with Gasteiger partial charge in [0.25, 0.3) is 0 Å². The number of fused-ring (bicyclic) bond motifs is 1. The number of aryl methyl sites for hydroxylation is 1. The number of benzene rings is 2. The Bertz CT molecular complexity index is 1150. The number of Topliss-reactive ketones (excluding diaryl/α,β-unsaturated/α-hetero) is 1. The highest BCUT2D eigenvalue weighted by atomic mass is 32.1. The molecular weight excluding hydrogens is 415 g/mol. The average molecular weight is 431 g/mol. The van der Waals surface area contributed by atoms with Crippen LogP contribution in [-0.2, 0) is 6.18 Å². The van der Waals surface area contributed by atoms with Crippen molar-refractivity contribution in [3.05, 3.63) is 80.8 Å². The molecule has 0 saturated carbocycles. The van der Waals surface area contributed by atoms with Crippen molar-refractivity contribution >= 4 is 28.3 Å². The first-order valence-electron chi connectivity index (χ1n) is 9.06. The summed E-state index contributed by atoms with van der Waals surface area (Å²) in [4.78, 5) is 18.6. The van der Waals surface area contributed by atoms with Crippen molar-refractivity contribution in [1.29, 1.82) is 0 Å². The van der Waals surface area contributed by atoms with Crippen LogP contribution in [-0.4, -0.2) is 29.1 Å². The van der Waals surface area contributed by atoms with E-state index in [1.165, 1.54) is 23.5 Å². The lowest BCUT2D eigenvalue weighted by atomic mass is 9.96. The summed E-state index contributed by atoms with van der Waals surface area (Å²) in [7, 11) is 0. The molecule has 3 aromatic rings. The number of ketones is 1. The van der Waals surface area contributed by atoms with Crippen molar-refractivity contribution < 1.29 is 27.8 Å². The highest BCUT2D eigenvalue weighted by Gasteiger charge is 2.35. The Balaban J connectivity index is 1.87. The Morgan fingerprint density at radius 1 is 1.07 bits per heavy atom. The summed E-state index contributed by atoms with van der Waals surface area (Å²) in [5.74, 6) is 0.126. The third-order valence-electron chi connectivity index (χ3n) is 4.82. The fraction of sp³-hybridized carbons (Fsp3) is 0.182. The molecule has 0 bridgehead atoms. The Hall–Kier alpha value is -2.97. The Morgan fingerprint density at radius 3 is 2.40 bits per heavy atom. The third-order valence-corrected chi connectivity index (χ3v) is 5.58. The van der Waals surface area contributed by atoms with E-state index in [2.05, 4.69) is 4.98 Å². The summed E-state index contributed by atoms with van der Waals surface area (Å²) in [5, 5.41) is 8.95. The first-order chi connectivity index (χ1) is 14.3. The maximum Gasteiger partial charge on any atom is 0.416 e. The first-order valence-corrected chi connectivity index (χ1v) is 9.94. The minimum Gasteiger partial charge on any atom is -0.491 e. The van der Waals surface area contributed by atoms with Crippen LogP contribution in [0.3, 0.4) is 0 Å². The molecule has 30 heavy (non-hydrogen) atoms. The number of halogens is 3. The fourth-order valence-corrected chi connectivity index (χ4v) is 4.04. The zero-order valence-corrected chi connectivity index (χ0v) is 16.6. The number of carbonyl (C=O) groups excluding carboxylic acids is 1. The van der Waals surface area contributed by atoms with Gasteiger partial charge in [-0.1, -0.05) is 12.1 Å². The maximum atomic E-state index is 13.3. The van der Waals surface area contributed by atoms with E-state index in [0.717, 1.165) is 17.0 Å². The number of aliphatic hydroxyl groups is 1. The van der Waals surface area contributed by atoms with Crippen molar-refractivity contribution in [3.8, 4) is 5.75 Å². The molecule has 0 radical (unpaired) electrons. The van der Waals surface area contributed by atoms with Crippen molar-refractivity contribution in [2.24, 2.45) is 0 Å². The van der Waals surface area contributed by atoms with E-state index in [0.29, 0.717) is 39.3 Å². The largest absolute Gasteiger partial charge is 0.491 e. The standard InChI is InChI=1S/C22H16F3NO3S/c1-12-20(26-11-30-12)19-16-7-6-15(29-9-8-27)10-17(16)21(28)18(19)13-2-4-14(5-3-13)22(23,24)25/h2-7,10-11,27H,8-9H2,1H3. The Labute approximate surface area is 174 Å². The molecule has 0 aliphatic heterocycles. The second kappa shape index (κ2) is 7.70. The molecule has 1 aliphatic carbocycles. The van der Waals surface area contributed by atoms with Crippen LogP contribution < -0.4 is 4.74 Å². The molecule has 1 aliphatic rings. The van der Waals surface area contributed by atoms with Crippen molar-refractivity contribution in [2.45, 2.75) is 13.1 Å². The lowest BCUT2D eigenvalue weighted by molar-refractivity contribution is -0.137. The first kappa shape index (κ1) is 20.3. The minimum atomic E-state index is -4.46. The molecule has 0 saturated heterocycles. The van der Waals surface area contributed by atoms with Gasteiger partial charge in [0, 0.05) is 21.6 Å². The van der Waals surface area contributed by atoms with Crippen molar-refractivity contribution in [3.63, 3.8) is 0 Å². The molecule has 0 atom stereocenters. The second-order valence-corrected chi connectivity index (χ2v) is 7.75. The number of hydrogen-bond donors (Lipinski definition) is 1. The highest BCUT2D eigenvalue weighted by molar-refractivity contribution is 7.09. The molecule has 4 nitrogen and oxygen atoms in total. The van der Waals surface area contributed by atoms with Gasteiger partial charge in [0.05, 0.1) is 23.4 Å². The number of nitrogens with zero attached hydrogens (tertiary/aromatic N) is 1. The van der Waals surface area contributed by atoms with Crippen molar-refractivity contribution in [1.82, 2.24) is 4.98 Å². The molecule has 1 N–H and O–H groups in total. The topological polar surface area (TPSA) is 59.4 Å². The van der Waals surface area contributed by atoms with Crippen LogP contribution in [0, 0.1) is 6.92 Å². The average Bonchev–Trinajstić information content (AvgIpc) is 3.26. The predicted octanol–water partition coefficient (Wildman–Crippen LogP) is 5.00. The molecule has 2 aromatic carbocycles. The van der Waals surface area contributed by atoms with E-state index in [-0.39, 0.29) is 19.0 Å². The van der Waals surface area contributed by atoms with Crippen molar-refractivity contribution in [2.75, 3.05) is 13.2 Å². The number of allylic oxidation sites excluding steroid dienone is 1. The van der Waals surface area contributed by atoms with Crippen LogP contribution in [0.2, 0.25) is 0 Å². The van der Waals surface area contributed by atoms with Crippen LogP contribution in [0.4, 0.5) is 13.2 Å². The number of aliphatic hydroxyl groups excluding tert-OH is 1. The number of hydrogen-bond acceptors (Lipinski definition) is 5. The molecule has 0 unspecified atom stereocenters. The zero-order valence-electron chi connectivity index (χ0n) is 15.8. The Kier molecular flexibility index (Phi) is 5.21. The van der Waals surface area contributed by atoms with Gasteiger partial charge in [-0.15, -0.1) is 11.3 Å². The van der Waals surface area contributed by atoms with Crippen LogP contribution in [0.25, 0.3) is 11.1 Å². The van der Waals surface area contributed by atoms with Gasteiger partial charge in [-0.3, -0.25) is 4.79 Å². The molecule has 8 heteroatoms. The van der Waals surface area contributed by atoms with Crippen LogP contribution in [0.1, 0.15) is 37.6 Å². The van der Waals surface area contributed by atoms with Crippen LogP contribution in [0.15, 0.2) is 48.0 Å². The van der Waals surface area contributed by atoms with E-state index in [9.17, 15) is 18.0 Å². The number of ether oxygens (including phenoxy) is 1. The molecule has 154 valence electrons. The smallest absolute Gasteiger partial charge is 0.416 e. The molecule has 1 heterocycles. The van der Waals surface area contributed by atoms with Crippen LogP contribution >= 0.6 is 11.3 Å². The maximum absolute atomic E-state index is 13.3. The van der Waals surface area contributed by atoms with Gasteiger partial charge >= 0.3 is 6.18 Å². The number of alkyl halides is 3. The summed E-state index contributed by atoms with van der Waals surface area (Å²) in [6, 6.07) is 9.59. The number of aromatic nitrogens is 1. The summed E-state index contributed by atoms with van der Waals surface area (Å²) in [6.07, 6.45) is -4.46. The highest BCUT2D eigenvalue weighted by Crippen LogP contribution is 2.44. The van der Waals surface area contributed by atoms with Gasteiger partial charge in [0.15, 0.2) is 5.78 Å². The second-order valence-electron chi connectivity index (χ2n) is 6.69. The van der Waals surface area contributed by atoms with Gasteiger partial charge in [0.2, 0.25) is 0 Å². The molecule has 0 spiro atoms. The van der Waals surface area contributed by atoms with Crippen LogP contribution in [0.5, 0.6) is 5.75 Å². The zero-order chi connectivity index (χ0) is 21.5. The fourth-order valence-electron chi connectivity index (χ4n) is 3.46. The molecule has 1 aromatic heterocycles. The van der Waals surface area contributed by atoms with Gasteiger partial charge in [-0.05, 0) is 48.4 Å². The van der Waals surface area contributed by atoms with E-state index in [1.54, 1.807) is 23.7 Å². The van der Waals surface area contributed by atoms with E-state index in [1.807, 2.05) is 6.92 Å². The molecule has 4 rings (SSSR count). The summed E-state index contributed by atoms with van der Waals surface area (Å²) >= 11 is 1.43. The van der Waals surface area contributed by atoms with E-state index >= 15 is 0 Å². The van der Waals surface area contributed by atoms with Gasteiger partial charge in [-0.2, -0.15) is 13.2 Å². The quantitative estimate of drug-likeness (QED) is 0.618. The lowest BCUT2D eigenvalue weighted by Crippen LogP contribution is -2.05. The molecular formula is C22H16F3NO3S. The predicted molar refractivity (Wildman–Crippen MR) is 108 cm³/mol. The van der Waals surface area contributed by atoms with Gasteiger partial charge in [0.1, 0.15) is 12.4 Å². The number of rotatable bonds is 5. The molecule has 0 amide bonds. The summed E-state index contributed by atoms with van der Waals surface area (Å²) < 4.78 is 44.3. The summed E-state index contributed by atoms with van der Waals surface area (Å²) in [5.41, 5.74) is 3.87. The minimum absolute atomic E-state index is 0.0875. The summed E-state index contributed by atoms with van der Waals surface area (Å²) in [6.45, 7) is 1.80. The monoisotopic (exact) mass is 431 g/mol. The van der Waals surface area contributed by atoms with E-state index < -0.39 is 11.7 Å². The SMILES string of the molecule is Cc1scnc1C1=C(c2ccc(C(F)(F)F)cc2)C(=O)c2cc(OCCO)ccc21. The van der Waals surface area contributed by atoms with E-state index in [4.69, 9.17) is 9.84 Å². The number of carbonyl (C=O) groups is 1. The normalized spacial score (nSPS) is 13.7. The van der Waals surface area contributed by atoms with Gasteiger partial charge in [-0.25, -0.2) is 4.98 Å².